The molecule has 0 unspecified atom stereocenters. The SMILES string of the molecule is CCCCn1c(CC)nc(-c2ccc(C)c(Cl)c2)c1N. The van der Waals surface area contributed by atoms with Gasteiger partial charge < -0.3 is 10.3 Å². The number of hydrogen-bond acceptors (Lipinski definition) is 2. The minimum atomic E-state index is 0.746. The second-order valence-electron chi connectivity index (χ2n) is 5.08. The lowest BCUT2D eigenvalue weighted by atomic mass is 10.1. The molecule has 4 heteroatoms. The molecule has 1 heterocycles. The van der Waals surface area contributed by atoms with Gasteiger partial charge in [-0.1, -0.05) is 44.0 Å². The van der Waals surface area contributed by atoms with Crippen LogP contribution in [0.5, 0.6) is 0 Å². The first-order valence-corrected chi connectivity index (χ1v) is 7.57. The molecule has 0 aliphatic heterocycles. The first-order valence-electron chi connectivity index (χ1n) is 7.19. The highest BCUT2D eigenvalue weighted by atomic mass is 35.5. The zero-order valence-electron chi connectivity index (χ0n) is 12.4. The average Bonchev–Trinajstić information content (AvgIpc) is 2.76. The van der Waals surface area contributed by atoms with Crippen molar-refractivity contribution >= 4 is 17.4 Å². The molecule has 0 radical (unpaired) electrons. The Balaban J connectivity index is 2.46. The van der Waals surface area contributed by atoms with E-state index in [-0.39, 0.29) is 0 Å². The van der Waals surface area contributed by atoms with E-state index >= 15 is 0 Å². The molecule has 0 amide bonds. The molecule has 2 N–H and O–H groups in total. The van der Waals surface area contributed by atoms with Crippen molar-refractivity contribution in [1.29, 1.82) is 0 Å². The zero-order valence-corrected chi connectivity index (χ0v) is 13.2. The first kappa shape index (κ1) is 14.9. The van der Waals surface area contributed by atoms with Crippen molar-refractivity contribution in [3.63, 3.8) is 0 Å². The van der Waals surface area contributed by atoms with Crippen LogP contribution in [0.25, 0.3) is 11.3 Å². The third kappa shape index (κ3) is 2.83. The normalized spacial score (nSPS) is 11.0. The summed E-state index contributed by atoms with van der Waals surface area (Å²) in [5, 5.41) is 0.753. The standard InChI is InChI=1S/C16H22ClN3/c1-4-6-9-20-14(5-2)19-15(16(20)18)12-8-7-11(3)13(17)10-12/h7-8,10H,4-6,9,18H2,1-3H3. The Kier molecular flexibility index (Phi) is 4.71. The molecule has 0 saturated heterocycles. The summed E-state index contributed by atoms with van der Waals surface area (Å²) < 4.78 is 2.13. The lowest BCUT2D eigenvalue weighted by molar-refractivity contribution is 0.612. The molecule has 0 saturated carbocycles. The fourth-order valence-electron chi connectivity index (χ4n) is 2.30. The highest BCUT2D eigenvalue weighted by Gasteiger charge is 2.15. The molecule has 108 valence electrons. The van der Waals surface area contributed by atoms with Crippen molar-refractivity contribution in [1.82, 2.24) is 9.55 Å². The Morgan fingerprint density at radius 2 is 2.05 bits per heavy atom. The van der Waals surface area contributed by atoms with E-state index in [1.807, 2.05) is 25.1 Å². The van der Waals surface area contributed by atoms with Gasteiger partial charge in [-0.15, -0.1) is 0 Å². The van der Waals surface area contributed by atoms with Crippen LogP contribution < -0.4 is 5.73 Å². The lowest BCUT2D eigenvalue weighted by Gasteiger charge is -2.08. The van der Waals surface area contributed by atoms with E-state index in [4.69, 9.17) is 22.3 Å². The molecule has 0 aliphatic carbocycles. The van der Waals surface area contributed by atoms with Crippen molar-refractivity contribution in [2.24, 2.45) is 0 Å². The molecule has 0 aliphatic rings. The van der Waals surface area contributed by atoms with Crippen LogP contribution in [0.15, 0.2) is 18.2 Å². The summed E-state index contributed by atoms with van der Waals surface area (Å²) >= 11 is 6.20. The molecule has 0 fully saturated rings. The van der Waals surface area contributed by atoms with Crippen molar-refractivity contribution in [3.05, 3.63) is 34.6 Å². The topological polar surface area (TPSA) is 43.8 Å². The summed E-state index contributed by atoms with van der Waals surface area (Å²) in [6.45, 7) is 7.21. The molecular weight excluding hydrogens is 270 g/mol. The molecule has 1 aromatic carbocycles. The van der Waals surface area contributed by atoms with Gasteiger partial charge in [-0.3, -0.25) is 0 Å². The maximum atomic E-state index is 6.30. The van der Waals surface area contributed by atoms with Crippen molar-refractivity contribution < 1.29 is 0 Å². The number of nitrogens with two attached hydrogens (primary N) is 1. The lowest BCUT2D eigenvalue weighted by Crippen LogP contribution is -2.06. The minimum absolute atomic E-state index is 0.746. The van der Waals surface area contributed by atoms with E-state index in [1.54, 1.807) is 0 Å². The number of aryl methyl sites for hydroxylation is 2. The van der Waals surface area contributed by atoms with Crippen molar-refractivity contribution in [2.75, 3.05) is 5.73 Å². The van der Waals surface area contributed by atoms with Gasteiger partial charge in [0.25, 0.3) is 0 Å². The largest absolute Gasteiger partial charge is 0.383 e. The highest BCUT2D eigenvalue weighted by molar-refractivity contribution is 6.31. The van der Waals surface area contributed by atoms with Crippen LogP contribution in [-0.4, -0.2) is 9.55 Å². The van der Waals surface area contributed by atoms with Crippen LogP contribution in [0.1, 0.15) is 38.1 Å². The van der Waals surface area contributed by atoms with E-state index in [1.165, 1.54) is 0 Å². The van der Waals surface area contributed by atoms with E-state index in [0.29, 0.717) is 0 Å². The number of halogens is 1. The number of rotatable bonds is 5. The van der Waals surface area contributed by atoms with Crippen LogP contribution in [0, 0.1) is 6.92 Å². The van der Waals surface area contributed by atoms with E-state index in [9.17, 15) is 0 Å². The monoisotopic (exact) mass is 291 g/mol. The maximum Gasteiger partial charge on any atom is 0.131 e. The number of unbranched alkanes of at least 4 members (excludes halogenated alkanes) is 1. The molecule has 20 heavy (non-hydrogen) atoms. The number of anilines is 1. The van der Waals surface area contributed by atoms with Crippen LogP contribution in [-0.2, 0) is 13.0 Å². The predicted molar refractivity (Wildman–Crippen MR) is 86.1 cm³/mol. The van der Waals surface area contributed by atoms with E-state index in [0.717, 1.165) is 59.3 Å². The van der Waals surface area contributed by atoms with Gasteiger partial charge in [0.05, 0.1) is 0 Å². The summed E-state index contributed by atoms with van der Waals surface area (Å²) in [6.07, 6.45) is 3.14. The molecule has 1 aromatic heterocycles. The van der Waals surface area contributed by atoms with Crippen LogP contribution in [0.3, 0.4) is 0 Å². The Morgan fingerprint density at radius 1 is 1.30 bits per heavy atom. The van der Waals surface area contributed by atoms with E-state index in [2.05, 4.69) is 18.4 Å². The van der Waals surface area contributed by atoms with Gasteiger partial charge in [-0.25, -0.2) is 4.98 Å². The van der Waals surface area contributed by atoms with Gasteiger partial charge in [0, 0.05) is 23.6 Å². The van der Waals surface area contributed by atoms with Gasteiger partial charge in [-0.05, 0) is 25.0 Å². The number of nitrogens with zero attached hydrogens (tertiary/aromatic N) is 2. The number of imidazole rings is 1. The molecule has 2 rings (SSSR count). The Bertz CT molecular complexity index is 602. The molecule has 3 nitrogen and oxygen atoms in total. The quantitative estimate of drug-likeness (QED) is 0.884. The zero-order chi connectivity index (χ0) is 14.7. The van der Waals surface area contributed by atoms with Crippen LogP contribution >= 0.6 is 11.6 Å². The third-order valence-corrected chi connectivity index (χ3v) is 3.99. The fraction of sp³-hybridized carbons (Fsp3) is 0.438. The summed E-state index contributed by atoms with van der Waals surface area (Å²) in [5.74, 6) is 1.79. The fourth-order valence-corrected chi connectivity index (χ4v) is 2.48. The number of aromatic nitrogens is 2. The molecule has 0 spiro atoms. The molecular formula is C16H22ClN3. The Labute approximate surface area is 125 Å². The van der Waals surface area contributed by atoms with Crippen molar-refractivity contribution in [2.45, 2.75) is 46.6 Å². The van der Waals surface area contributed by atoms with Crippen LogP contribution in [0.4, 0.5) is 5.82 Å². The third-order valence-electron chi connectivity index (χ3n) is 3.58. The van der Waals surface area contributed by atoms with Gasteiger partial charge in [0.2, 0.25) is 0 Å². The Hall–Kier alpha value is -1.48. The molecule has 2 aromatic rings. The first-order chi connectivity index (χ1) is 9.58. The van der Waals surface area contributed by atoms with Crippen molar-refractivity contribution in [3.8, 4) is 11.3 Å². The summed E-state index contributed by atoms with van der Waals surface area (Å²) in [7, 11) is 0. The highest BCUT2D eigenvalue weighted by Crippen LogP contribution is 2.30. The number of benzene rings is 1. The summed E-state index contributed by atoms with van der Waals surface area (Å²) in [6, 6.07) is 5.98. The number of nitrogen functional groups attached to an aromatic ring is 1. The number of hydrogen-bond donors (Lipinski definition) is 1. The predicted octanol–water partition coefficient (Wildman–Crippen LogP) is 4.46. The van der Waals surface area contributed by atoms with Crippen LogP contribution in [0.2, 0.25) is 5.02 Å². The maximum absolute atomic E-state index is 6.30. The van der Waals surface area contributed by atoms with E-state index < -0.39 is 0 Å². The van der Waals surface area contributed by atoms with Gasteiger partial charge >= 0.3 is 0 Å². The van der Waals surface area contributed by atoms with Gasteiger partial charge in [0.15, 0.2) is 0 Å². The minimum Gasteiger partial charge on any atom is -0.383 e. The smallest absolute Gasteiger partial charge is 0.131 e. The Morgan fingerprint density at radius 3 is 2.65 bits per heavy atom. The molecule has 0 atom stereocenters. The van der Waals surface area contributed by atoms with Gasteiger partial charge in [0.1, 0.15) is 17.3 Å². The summed E-state index contributed by atoms with van der Waals surface area (Å²) in [5.41, 5.74) is 9.20. The average molecular weight is 292 g/mol. The second kappa shape index (κ2) is 6.31. The van der Waals surface area contributed by atoms with Gasteiger partial charge in [-0.2, -0.15) is 0 Å². The second-order valence-corrected chi connectivity index (χ2v) is 5.49. The summed E-state index contributed by atoms with van der Waals surface area (Å²) in [4.78, 5) is 4.70. The molecule has 0 bridgehead atoms.